The van der Waals surface area contributed by atoms with E-state index in [1.165, 1.54) is 6.07 Å². The highest BCUT2D eigenvalue weighted by Crippen LogP contribution is 2.27. The molecule has 15 heavy (non-hydrogen) atoms. The highest BCUT2D eigenvalue weighted by atomic mass is 35.7. The predicted octanol–water partition coefficient (Wildman–Crippen LogP) is 2.88. The number of nitriles is 1. The summed E-state index contributed by atoms with van der Waals surface area (Å²) >= 11 is 11.3. The topological polar surface area (TPSA) is 57.9 Å². The highest BCUT2D eigenvalue weighted by molar-refractivity contribution is 8.13. The van der Waals surface area contributed by atoms with Crippen LogP contribution in [0, 0.1) is 11.3 Å². The largest absolute Gasteiger partial charge is 0.262 e. The summed E-state index contributed by atoms with van der Waals surface area (Å²) < 4.78 is 22.2. The zero-order chi connectivity index (χ0) is 11.6. The van der Waals surface area contributed by atoms with Crippen LogP contribution >= 0.6 is 33.9 Å². The lowest BCUT2D eigenvalue weighted by molar-refractivity contribution is 0.609. The number of hydrogen-bond acceptors (Lipinski definition) is 3. The van der Waals surface area contributed by atoms with Gasteiger partial charge in [0.05, 0.1) is 5.56 Å². The Morgan fingerprint density at radius 3 is 2.40 bits per heavy atom. The quantitative estimate of drug-likeness (QED) is 0.620. The van der Waals surface area contributed by atoms with Crippen molar-refractivity contribution in [1.29, 1.82) is 5.26 Å². The van der Waals surface area contributed by atoms with Crippen molar-refractivity contribution in [1.82, 2.24) is 0 Å². The van der Waals surface area contributed by atoms with Crippen LogP contribution in [0.25, 0.3) is 0 Å². The number of alkyl halides is 1. The van der Waals surface area contributed by atoms with Crippen molar-refractivity contribution >= 4 is 42.9 Å². The summed E-state index contributed by atoms with van der Waals surface area (Å²) in [5, 5.41) is 8.90. The number of nitrogens with zero attached hydrogens (tertiary/aromatic N) is 1. The molecule has 1 aromatic carbocycles. The van der Waals surface area contributed by atoms with Gasteiger partial charge >= 0.3 is 0 Å². The molecule has 0 spiro atoms. The van der Waals surface area contributed by atoms with Crippen LogP contribution in [0.5, 0.6) is 0 Å². The van der Waals surface area contributed by atoms with Gasteiger partial charge in [-0.05, 0) is 17.7 Å². The summed E-state index contributed by atoms with van der Waals surface area (Å²) in [5.41, 5.74) is 0.420. The predicted molar refractivity (Wildman–Crippen MR) is 58.8 cm³/mol. The molecule has 0 atom stereocenters. The first-order valence-electron chi connectivity index (χ1n) is 3.63. The van der Waals surface area contributed by atoms with Gasteiger partial charge in [0.1, 0.15) is 11.0 Å². The van der Waals surface area contributed by atoms with Gasteiger partial charge in [-0.25, -0.2) is 8.42 Å². The fraction of sp³-hybridized carbons (Fsp3) is 0.125. The van der Waals surface area contributed by atoms with E-state index in [1.54, 1.807) is 6.07 Å². The van der Waals surface area contributed by atoms with Crippen LogP contribution in [0.1, 0.15) is 11.1 Å². The minimum absolute atomic E-state index is 0.0648. The Morgan fingerprint density at radius 1 is 1.40 bits per heavy atom. The molecule has 0 aliphatic carbocycles. The van der Waals surface area contributed by atoms with Crippen LogP contribution in [0.3, 0.4) is 0 Å². The van der Waals surface area contributed by atoms with Gasteiger partial charge in [0.25, 0.3) is 9.05 Å². The van der Waals surface area contributed by atoms with E-state index in [9.17, 15) is 8.42 Å². The Morgan fingerprint density at radius 2 is 2.00 bits per heavy atom. The average molecular weight is 285 g/mol. The van der Waals surface area contributed by atoms with E-state index in [4.69, 9.17) is 39.1 Å². The molecular formula is C8H4Cl3NO2S. The zero-order valence-electron chi connectivity index (χ0n) is 7.17. The van der Waals surface area contributed by atoms with Crippen molar-refractivity contribution < 1.29 is 8.42 Å². The lowest BCUT2D eigenvalue weighted by Crippen LogP contribution is -1.97. The van der Waals surface area contributed by atoms with E-state index >= 15 is 0 Å². The SMILES string of the molecule is N#Cc1cc(CCl)c(Cl)cc1S(=O)(=O)Cl. The van der Waals surface area contributed by atoms with Gasteiger partial charge in [-0.15, -0.1) is 11.6 Å². The van der Waals surface area contributed by atoms with E-state index in [1.807, 2.05) is 0 Å². The molecule has 1 aromatic rings. The Labute approximate surface area is 102 Å². The molecule has 0 bridgehead atoms. The third kappa shape index (κ3) is 2.76. The first-order valence-corrected chi connectivity index (χ1v) is 6.85. The van der Waals surface area contributed by atoms with Crippen molar-refractivity contribution in [2.45, 2.75) is 10.8 Å². The van der Waals surface area contributed by atoms with E-state index in [0.717, 1.165) is 6.07 Å². The van der Waals surface area contributed by atoms with Crippen molar-refractivity contribution in [3.05, 3.63) is 28.3 Å². The Balaban J connectivity index is 3.57. The molecule has 80 valence electrons. The summed E-state index contributed by atoms with van der Waals surface area (Å²) in [4.78, 5) is -0.300. The fourth-order valence-corrected chi connectivity index (χ4v) is 2.58. The summed E-state index contributed by atoms with van der Waals surface area (Å²) in [6, 6.07) is 4.16. The van der Waals surface area contributed by atoms with E-state index in [-0.39, 0.29) is 21.4 Å². The lowest BCUT2D eigenvalue weighted by atomic mass is 10.1. The molecule has 7 heteroatoms. The first kappa shape index (κ1) is 12.6. The van der Waals surface area contributed by atoms with Crippen LogP contribution < -0.4 is 0 Å². The smallest absolute Gasteiger partial charge is 0.207 e. The number of halogens is 3. The highest BCUT2D eigenvalue weighted by Gasteiger charge is 2.18. The Kier molecular flexibility index (Phi) is 3.85. The normalized spacial score (nSPS) is 11.1. The summed E-state index contributed by atoms with van der Waals surface area (Å²) in [6.45, 7) is 0. The molecule has 1 rings (SSSR count). The van der Waals surface area contributed by atoms with Gasteiger partial charge < -0.3 is 0 Å². The molecule has 0 unspecified atom stereocenters. The molecule has 0 saturated carbocycles. The monoisotopic (exact) mass is 283 g/mol. The van der Waals surface area contributed by atoms with Crippen LogP contribution in [0.2, 0.25) is 5.02 Å². The summed E-state index contributed by atoms with van der Waals surface area (Å²) in [6.07, 6.45) is 0. The van der Waals surface area contributed by atoms with E-state index in [0.29, 0.717) is 5.56 Å². The van der Waals surface area contributed by atoms with Gasteiger partial charge in [0, 0.05) is 21.6 Å². The Hall–Kier alpha value is -0.470. The molecule has 0 fully saturated rings. The molecule has 3 nitrogen and oxygen atoms in total. The second-order valence-corrected chi connectivity index (χ2v) is 5.83. The minimum Gasteiger partial charge on any atom is -0.207 e. The zero-order valence-corrected chi connectivity index (χ0v) is 10.3. The number of benzene rings is 1. The van der Waals surface area contributed by atoms with Gasteiger partial charge in [-0.3, -0.25) is 0 Å². The molecule has 0 amide bonds. The van der Waals surface area contributed by atoms with Crippen LogP contribution in [0.15, 0.2) is 17.0 Å². The standard InChI is InChI=1S/C8H4Cl3NO2S/c9-3-5-1-6(4-12)8(2-7(5)10)15(11,13)14/h1-2H,3H2. The first-order chi connectivity index (χ1) is 6.90. The van der Waals surface area contributed by atoms with Crippen molar-refractivity contribution in [2.24, 2.45) is 0 Å². The second-order valence-electron chi connectivity index (χ2n) is 2.62. The van der Waals surface area contributed by atoms with Crippen LogP contribution in [-0.4, -0.2) is 8.42 Å². The van der Waals surface area contributed by atoms with Gasteiger partial charge in [-0.1, -0.05) is 11.6 Å². The van der Waals surface area contributed by atoms with Crippen LogP contribution in [-0.2, 0) is 14.9 Å². The molecule has 0 aliphatic rings. The van der Waals surface area contributed by atoms with E-state index < -0.39 is 9.05 Å². The molecule has 0 aromatic heterocycles. The third-order valence-corrected chi connectivity index (χ3v) is 3.68. The fourth-order valence-electron chi connectivity index (χ4n) is 0.991. The lowest BCUT2D eigenvalue weighted by Gasteiger charge is -2.04. The average Bonchev–Trinajstić information content (AvgIpc) is 2.16. The minimum atomic E-state index is -3.97. The maximum absolute atomic E-state index is 11.1. The molecule has 0 N–H and O–H groups in total. The molecule has 0 aliphatic heterocycles. The molecule has 0 radical (unpaired) electrons. The summed E-state index contributed by atoms with van der Waals surface area (Å²) in [7, 11) is 1.17. The summed E-state index contributed by atoms with van der Waals surface area (Å²) in [5.74, 6) is 0.0934. The van der Waals surface area contributed by atoms with Gasteiger partial charge in [-0.2, -0.15) is 5.26 Å². The van der Waals surface area contributed by atoms with Crippen molar-refractivity contribution in [2.75, 3.05) is 0 Å². The second kappa shape index (κ2) is 4.58. The maximum atomic E-state index is 11.1. The number of rotatable bonds is 2. The molecule has 0 heterocycles. The van der Waals surface area contributed by atoms with Crippen LogP contribution in [0.4, 0.5) is 0 Å². The van der Waals surface area contributed by atoms with Gasteiger partial charge in [0.15, 0.2) is 0 Å². The third-order valence-electron chi connectivity index (χ3n) is 1.68. The van der Waals surface area contributed by atoms with Crippen molar-refractivity contribution in [3.63, 3.8) is 0 Å². The number of hydrogen-bond donors (Lipinski definition) is 0. The molecule has 0 saturated heterocycles. The van der Waals surface area contributed by atoms with Gasteiger partial charge in [0.2, 0.25) is 0 Å². The van der Waals surface area contributed by atoms with E-state index in [2.05, 4.69) is 0 Å². The van der Waals surface area contributed by atoms with Crippen molar-refractivity contribution in [3.8, 4) is 6.07 Å². The maximum Gasteiger partial charge on any atom is 0.262 e. The Bertz CT molecular complexity index is 534. The molecular weight excluding hydrogens is 281 g/mol.